The normalized spacial score (nSPS) is 15.9. The third kappa shape index (κ3) is 3.76. The summed E-state index contributed by atoms with van der Waals surface area (Å²) in [5.41, 5.74) is 2.46. The number of hydrogen-bond donors (Lipinski definition) is 1. The number of aromatic nitrogens is 3. The quantitative estimate of drug-likeness (QED) is 0.424. The topological polar surface area (TPSA) is 105 Å². The highest BCUT2D eigenvalue weighted by Crippen LogP contribution is 2.46. The van der Waals surface area contributed by atoms with Gasteiger partial charge in [0.25, 0.3) is 0 Å². The second kappa shape index (κ2) is 8.30. The number of rotatable bonds is 5. The Morgan fingerprint density at radius 3 is 2.56 bits per heavy atom. The van der Waals surface area contributed by atoms with Crippen molar-refractivity contribution in [2.75, 3.05) is 13.1 Å². The van der Waals surface area contributed by atoms with Crippen LogP contribution in [0.15, 0.2) is 51.6 Å². The minimum absolute atomic E-state index is 0.0444. The smallest absolute Gasteiger partial charge is 0.422 e. The average Bonchev–Trinajstić information content (AvgIpc) is 3.45. The Kier molecular flexibility index (Phi) is 5.18. The van der Waals surface area contributed by atoms with E-state index in [-0.39, 0.29) is 17.4 Å². The van der Waals surface area contributed by atoms with Crippen LogP contribution >= 0.6 is 0 Å². The van der Waals surface area contributed by atoms with E-state index in [1.165, 1.54) is 12.3 Å². The van der Waals surface area contributed by atoms with E-state index in [1.54, 1.807) is 12.1 Å². The summed E-state index contributed by atoms with van der Waals surface area (Å²) in [6, 6.07) is 10.5. The maximum absolute atomic E-state index is 14.1. The first-order valence-electron chi connectivity index (χ1n) is 11.3. The highest BCUT2D eigenvalue weighted by Gasteiger charge is 2.44. The van der Waals surface area contributed by atoms with Crippen LogP contribution in [0.25, 0.3) is 34.2 Å². The molecule has 6 rings (SSSR count). The van der Waals surface area contributed by atoms with Crippen molar-refractivity contribution < 1.29 is 32.1 Å². The van der Waals surface area contributed by atoms with Crippen LogP contribution in [-0.2, 0) is 30.4 Å². The predicted octanol–water partition coefficient (Wildman–Crippen LogP) is 4.69. The highest BCUT2D eigenvalue weighted by atomic mass is 19.4. The van der Waals surface area contributed by atoms with Crippen molar-refractivity contribution in [3.05, 3.63) is 64.8 Å². The molecular weight excluding hydrogens is 477 g/mol. The van der Waals surface area contributed by atoms with E-state index in [1.807, 2.05) is 18.2 Å². The molecule has 0 unspecified atom stereocenters. The van der Waals surface area contributed by atoms with E-state index in [4.69, 9.17) is 14.2 Å². The lowest BCUT2D eigenvalue weighted by atomic mass is 9.87. The number of aliphatic carboxylic acids is 1. The summed E-state index contributed by atoms with van der Waals surface area (Å²) in [6.07, 6.45) is -2.35. The molecule has 8 nitrogen and oxygen atoms in total. The summed E-state index contributed by atoms with van der Waals surface area (Å²) < 4.78 is 53.0. The maximum Gasteiger partial charge on any atom is 0.422 e. The number of fused-ring (bicyclic) bond motifs is 3. The van der Waals surface area contributed by atoms with E-state index in [2.05, 4.69) is 20.2 Å². The molecule has 1 aromatic carbocycles. The number of hydrogen-bond acceptors (Lipinski definition) is 7. The van der Waals surface area contributed by atoms with E-state index < -0.39 is 29.2 Å². The van der Waals surface area contributed by atoms with Gasteiger partial charge in [0.2, 0.25) is 11.5 Å². The van der Waals surface area contributed by atoms with Crippen LogP contribution in [0.2, 0.25) is 0 Å². The van der Waals surface area contributed by atoms with Gasteiger partial charge in [-0.1, -0.05) is 34.6 Å². The third-order valence-corrected chi connectivity index (χ3v) is 6.66. The number of alkyl halides is 3. The number of likely N-dealkylation sites (tertiary alicyclic amines) is 1. The SMILES string of the molecule is O=C(O)C1CN(Cc2ccc3c(c2)CCc2c-3noc2-c2onc(-c3ccccn3)c2C(F)(F)F)C1. The molecular formula is C25H19F3N4O4. The Bertz CT molecular complexity index is 1460. The van der Waals surface area contributed by atoms with Gasteiger partial charge in [-0.05, 0) is 36.1 Å². The largest absolute Gasteiger partial charge is 0.481 e. The molecule has 0 atom stereocenters. The molecule has 4 aromatic rings. The van der Waals surface area contributed by atoms with Crippen LogP contribution in [0.3, 0.4) is 0 Å². The molecule has 0 amide bonds. The van der Waals surface area contributed by atoms with E-state index >= 15 is 0 Å². The zero-order chi connectivity index (χ0) is 25.0. The van der Waals surface area contributed by atoms with Crippen molar-refractivity contribution in [2.45, 2.75) is 25.6 Å². The van der Waals surface area contributed by atoms with Crippen molar-refractivity contribution in [3.8, 4) is 34.2 Å². The van der Waals surface area contributed by atoms with Crippen LogP contribution in [0.4, 0.5) is 13.2 Å². The van der Waals surface area contributed by atoms with Crippen molar-refractivity contribution in [1.82, 2.24) is 20.2 Å². The van der Waals surface area contributed by atoms with Crippen LogP contribution < -0.4 is 0 Å². The van der Waals surface area contributed by atoms with E-state index in [9.17, 15) is 18.0 Å². The molecule has 1 N–H and O–H groups in total. The molecule has 0 radical (unpaired) electrons. The molecule has 1 aliphatic carbocycles. The summed E-state index contributed by atoms with van der Waals surface area (Å²) in [4.78, 5) is 17.1. The zero-order valence-corrected chi connectivity index (χ0v) is 18.7. The number of carbonyl (C=O) groups is 1. The first-order valence-corrected chi connectivity index (χ1v) is 11.3. The maximum atomic E-state index is 14.1. The lowest BCUT2D eigenvalue weighted by Gasteiger charge is -2.36. The Labute approximate surface area is 202 Å². The lowest BCUT2D eigenvalue weighted by molar-refractivity contribution is -0.147. The van der Waals surface area contributed by atoms with Gasteiger partial charge >= 0.3 is 12.1 Å². The molecule has 36 heavy (non-hydrogen) atoms. The number of benzene rings is 1. The van der Waals surface area contributed by atoms with Gasteiger partial charge in [-0.2, -0.15) is 13.2 Å². The van der Waals surface area contributed by atoms with Crippen molar-refractivity contribution in [2.24, 2.45) is 5.92 Å². The number of halogens is 3. The minimum atomic E-state index is -4.75. The first-order chi connectivity index (χ1) is 17.3. The van der Waals surface area contributed by atoms with Crippen LogP contribution in [0.5, 0.6) is 0 Å². The summed E-state index contributed by atoms with van der Waals surface area (Å²) in [5.74, 6) is -1.70. The van der Waals surface area contributed by atoms with Gasteiger partial charge in [-0.15, -0.1) is 0 Å². The zero-order valence-electron chi connectivity index (χ0n) is 18.7. The van der Waals surface area contributed by atoms with Crippen LogP contribution in [-0.4, -0.2) is 44.4 Å². The Morgan fingerprint density at radius 2 is 1.83 bits per heavy atom. The van der Waals surface area contributed by atoms with Crippen molar-refractivity contribution in [1.29, 1.82) is 0 Å². The first kappa shape index (κ1) is 22.5. The monoisotopic (exact) mass is 496 g/mol. The fourth-order valence-electron chi connectivity index (χ4n) is 4.87. The van der Waals surface area contributed by atoms with Gasteiger partial charge in [0.1, 0.15) is 17.0 Å². The van der Waals surface area contributed by atoms with Gasteiger partial charge in [-0.25, -0.2) is 0 Å². The molecule has 0 spiro atoms. The van der Waals surface area contributed by atoms with Gasteiger partial charge in [0.15, 0.2) is 0 Å². The van der Waals surface area contributed by atoms with Crippen LogP contribution in [0.1, 0.15) is 22.3 Å². The van der Waals surface area contributed by atoms with Gasteiger partial charge in [0.05, 0.1) is 11.6 Å². The summed E-state index contributed by atoms with van der Waals surface area (Å²) >= 11 is 0. The molecule has 184 valence electrons. The molecule has 1 saturated heterocycles. The number of carboxylic acid groups (broad SMARTS) is 1. The number of carboxylic acids is 1. The summed E-state index contributed by atoms with van der Waals surface area (Å²) in [7, 11) is 0. The summed E-state index contributed by atoms with van der Waals surface area (Å²) in [6.45, 7) is 1.67. The molecule has 1 aliphatic heterocycles. The highest BCUT2D eigenvalue weighted by molar-refractivity contribution is 5.78. The molecule has 11 heteroatoms. The van der Waals surface area contributed by atoms with Crippen molar-refractivity contribution >= 4 is 5.97 Å². The minimum Gasteiger partial charge on any atom is -0.481 e. The molecule has 3 aromatic heterocycles. The number of aryl methyl sites for hydroxylation is 1. The number of pyridine rings is 1. The number of nitrogens with zero attached hydrogens (tertiary/aromatic N) is 4. The van der Waals surface area contributed by atoms with Crippen LogP contribution in [0, 0.1) is 5.92 Å². The Hall–Kier alpha value is -3.99. The third-order valence-electron chi connectivity index (χ3n) is 6.66. The second-order valence-corrected chi connectivity index (χ2v) is 9.01. The summed E-state index contributed by atoms with van der Waals surface area (Å²) in [5, 5.41) is 16.8. The Balaban J connectivity index is 1.33. The fraction of sp³-hybridized carbons (Fsp3) is 0.280. The lowest BCUT2D eigenvalue weighted by Crippen LogP contribution is -2.49. The average molecular weight is 496 g/mol. The molecule has 4 heterocycles. The predicted molar refractivity (Wildman–Crippen MR) is 119 cm³/mol. The van der Waals surface area contributed by atoms with Gasteiger partial charge in [-0.3, -0.25) is 14.7 Å². The molecule has 1 fully saturated rings. The van der Waals surface area contributed by atoms with Crippen molar-refractivity contribution in [3.63, 3.8) is 0 Å². The molecule has 2 aliphatic rings. The fourth-order valence-corrected chi connectivity index (χ4v) is 4.87. The molecule has 0 saturated carbocycles. The van der Waals surface area contributed by atoms with Gasteiger partial charge in [0, 0.05) is 37.0 Å². The second-order valence-electron chi connectivity index (χ2n) is 9.01. The Morgan fingerprint density at radius 1 is 1.06 bits per heavy atom. The van der Waals surface area contributed by atoms with Gasteiger partial charge < -0.3 is 14.2 Å². The van der Waals surface area contributed by atoms with E-state index in [0.29, 0.717) is 43.7 Å². The van der Waals surface area contributed by atoms with E-state index in [0.717, 1.165) is 16.7 Å². The molecule has 0 bridgehead atoms. The standard InChI is InChI=1S/C25H19F3N4O4/c26-25(27,28)19-21(18-3-1-2-8-29-18)31-36-23(19)22-17-7-5-14-9-13(4-6-16(14)20(17)30-35-22)10-32-11-15(12-32)24(33)34/h1-4,6,8-9,15H,5,7,10-12H2,(H,33,34).